The van der Waals surface area contributed by atoms with Crippen LogP contribution in [0.3, 0.4) is 0 Å². The summed E-state index contributed by atoms with van der Waals surface area (Å²) < 4.78 is 7.37. The molecule has 1 fully saturated rings. The van der Waals surface area contributed by atoms with Gasteiger partial charge in [-0.2, -0.15) is 5.10 Å². The molecule has 0 saturated carbocycles. The van der Waals surface area contributed by atoms with Crippen LogP contribution >= 0.6 is 0 Å². The summed E-state index contributed by atoms with van der Waals surface area (Å²) in [7, 11) is 0. The maximum absolute atomic E-state index is 10.1. The number of aliphatic hydroxyl groups is 1. The monoisotopic (exact) mass is 225 g/mol. The van der Waals surface area contributed by atoms with Crippen molar-refractivity contribution in [3.8, 4) is 0 Å². The normalized spacial score (nSPS) is 23.2. The Kier molecular flexibility index (Phi) is 3.90. The number of nitrogens with zero attached hydrogens (tertiary/aromatic N) is 3. The van der Waals surface area contributed by atoms with Gasteiger partial charge in [0.25, 0.3) is 0 Å². The molecule has 90 valence electrons. The van der Waals surface area contributed by atoms with Crippen LogP contribution in [-0.4, -0.2) is 38.7 Å². The van der Waals surface area contributed by atoms with Crippen LogP contribution in [0.15, 0.2) is 6.33 Å². The van der Waals surface area contributed by atoms with Crippen LogP contribution in [0.5, 0.6) is 0 Å². The lowest BCUT2D eigenvalue weighted by atomic mass is 10.0. The number of ether oxygens (including phenoxy) is 1. The zero-order valence-electron chi connectivity index (χ0n) is 9.67. The maximum atomic E-state index is 10.1. The van der Waals surface area contributed by atoms with Crippen LogP contribution in [0.25, 0.3) is 0 Å². The second-order valence-corrected chi connectivity index (χ2v) is 4.17. The van der Waals surface area contributed by atoms with Crippen LogP contribution < -0.4 is 0 Å². The molecule has 2 heterocycles. The average Bonchev–Trinajstić information content (AvgIpc) is 2.77. The van der Waals surface area contributed by atoms with Crippen molar-refractivity contribution in [2.75, 3.05) is 6.61 Å². The summed E-state index contributed by atoms with van der Waals surface area (Å²) in [6, 6.07) is 0. The third kappa shape index (κ3) is 2.59. The fraction of sp³-hybridized carbons (Fsp3) is 0.818. The van der Waals surface area contributed by atoms with Crippen LogP contribution in [0.4, 0.5) is 0 Å². The largest absolute Gasteiger partial charge is 0.390 e. The molecule has 0 aliphatic carbocycles. The molecule has 0 radical (unpaired) electrons. The Balaban J connectivity index is 1.93. The van der Waals surface area contributed by atoms with Crippen LogP contribution in [0, 0.1) is 0 Å². The summed E-state index contributed by atoms with van der Waals surface area (Å²) in [5.41, 5.74) is 0. The van der Waals surface area contributed by atoms with Gasteiger partial charge in [0.2, 0.25) is 0 Å². The van der Waals surface area contributed by atoms with E-state index < -0.39 is 6.10 Å². The van der Waals surface area contributed by atoms with E-state index in [9.17, 15) is 5.11 Å². The van der Waals surface area contributed by atoms with E-state index in [1.165, 1.54) is 6.33 Å². The van der Waals surface area contributed by atoms with E-state index >= 15 is 0 Å². The van der Waals surface area contributed by atoms with E-state index in [0.29, 0.717) is 6.42 Å². The Morgan fingerprint density at radius 3 is 3.19 bits per heavy atom. The summed E-state index contributed by atoms with van der Waals surface area (Å²) >= 11 is 0. The number of rotatable bonds is 4. The molecule has 0 spiro atoms. The summed E-state index contributed by atoms with van der Waals surface area (Å²) in [5.74, 6) is 0.837. The molecule has 1 aliphatic heterocycles. The fourth-order valence-electron chi connectivity index (χ4n) is 2.10. The van der Waals surface area contributed by atoms with Gasteiger partial charge in [-0.3, -0.25) is 4.68 Å². The Morgan fingerprint density at radius 1 is 1.62 bits per heavy atom. The average molecular weight is 225 g/mol. The predicted octanol–water partition coefficient (Wildman–Crippen LogP) is 0.770. The lowest BCUT2D eigenvalue weighted by Gasteiger charge is -2.26. The highest BCUT2D eigenvalue weighted by molar-refractivity contribution is 4.90. The summed E-state index contributed by atoms with van der Waals surface area (Å²) in [5, 5.41) is 14.1. The van der Waals surface area contributed by atoms with E-state index in [-0.39, 0.29) is 6.10 Å². The quantitative estimate of drug-likeness (QED) is 0.822. The smallest absolute Gasteiger partial charge is 0.138 e. The molecule has 2 atom stereocenters. The highest BCUT2D eigenvalue weighted by Gasteiger charge is 2.24. The highest BCUT2D eigenvalue weighted by Crippen LogP contribution is 2.17. The molecular formula is C11H19N3O2. The molecule has 1 aromatic rings. The number of hydrogen-bond donors (Lipinski definition) is 1. The van der Waals surface area contributed by atoms with Gasteiger partial charge in [-0.15, -0.1) is 0 Å². The number of hydrogen-bond acceptors (Lipinski definition) is 4. The maximum Gasteiger partial charge on any atom is 0.138 e. The van der Waals surface area contributed by atoms with E-state index in [1.54, 1.807) is 0 Å². The van der Waals surface area contributed by atoms with Crippen molar-refractivity contribution >= 4 is 0 Å². The Labute approximate surface area is 95.4 Å². The first-order chi connectivity index (χ1) is 7.81. The van der Waals surface area contributed by atoms with Gasteiger partial charge in [-0.1, -0.05) is 0 Å². The molecule has 1 aromatic heterocycles. The van der Waals surface area contributed by atoms with E-state index in [1.807, 2.05) is 11.6 Å². The predicted molar refractivity (Wildman–Crippen MR) is 59.0 cm³/mol. The standard InChI is InChI=1S/C11H19N3O2/c1-2-14-11(12-8-13-14)7-9(15)10-5-3-4-6-16-10/h8-10,15H,2-7H2,1H3. The summed E-state index contributed by atoms with van der Waals surface area (Å²) in [6.07, 6.45) is 4.76. The SMILES string of the molecule is CCn1ncnc1CC(O)C1CCCCO1. The number of aliphatic hydroxyl groups excluding tert-OH is 1. The first-order valence-electron chi connectivity index (χ1n) is 5.97. The van der Waals surface area contributed by atoms with Crippen molar-refractivity contribution in [3.63, 3.8) is 0 Å². The Morgan fingerprint density at radius 2 is 2.50 bits per heavy atom. The molecule has 2 unspecified atom stereocenters. The second kappa shape index (κ2) is 5.41. The van der Waals surface area contributed by atoms with Crippen molar-refractivity contribution in [3.05, 3.63) is 12.2 Å². The second-order valence-electron chi connectivity index (χ2n) is 4.17. The topological polar surface area (TPSA) is 60.2 Å². The summed E-state index contributed by atoms with van der Waals surface area (Å²) in [6.45, 7) is 3.57. The Bertz CT molecular complexity index is 321. The molecule has 0 aromatic carbocycles. The zero-order valence-corrected chi connectivity index (χ0v) is 9.67. The van der Waals surface area contributed by atoms with E-state index in [0.717, 1.165) is 38.2 Å². The molecular weight excluding hydrogens is 206 g/mol. The minimum atomic E-state index is -0.463. The van der Waals surface area contributed by atoms with Gasteiger partial charge in [0.15, 0.2) is 0 Å². The van der Waals surface area contributed by atoms with Crippen molar-refractivity contribution in [1.82, 2.24) is 14.8 Å². The molecule has 5 nitrogen and oxygen atoms in total. The van der Waals surface area contributed by atoms with Gasteiger partial charge in [-0.05, 0) is 26.2 Å². The van der Waals surface area contributed by atoms with Crippen molar-refractivity contribution in [2.24, 2.45) is 0 Å². The Hall–Kier alpha value is -0.940. The van der Waals surface area contributed by atoms with Gasteiger partial charge < -0.3 is 9.84 Å². The molecule has 1 saturated heterocycles. The minimum Gasteiger partial charge on any atom is -0.390 e. The van der Waals surface area contributed by atoms with Gasteiger partial charge >= 0.3 is 0 Å². The van der Waals surface area contributed by atoms with Gasteiger partial charge in [-0.25, -0.2) is 4.98 Å². The first kappa shape index (κ1) is 11.5. The molecule has 5 heteroatoms. The third-order valence-electron chi connectivity index (χ3n) is 3.03. The molecule has 1 aliphatic rings. The molecule has 1 N–H and O–H groups in total. The molecule has 2 rings (SSSR count). The van der Waals surface area contributed by atoms with Gasteiger partial charge in [0.05, 0.1) is 12.2 Å². The van der Waals surface area contributed by atoms with Gasteiger partial charge in [0.1, 0.15) is 12.2 Å². The van der Waals surface area contributed by atoms with E-state index in [2.05, 4.69) is 10.1 Å². The minimum absolute atomic E-state index is 0.0317. The highest BCUT2D eigenvalue weighted by atomic mass is 16.5. The summed E-state index contributed by atoms with van der Waals surface area (Å²) in [4.78, 5) is 4.16. The van der Waals surface area contributed by atoms with Crippen molar-refractivity contribution in [1.29, 1.82) is 0 Å². The molecule has 16 heavy (non-hydrogen) atoms. The number of aromatic nitrogens is 3. The van der Waals surface area contributed by atoms with Crippen molar-refractivity contribution < 1.29 is 9.84 Å². The van der Waals surface area contributed by atoms with Crippen LogP contribution in [0.2, 0.25) is 0 Å². The van der Waals surface area contributed by atoms with Gasteiger partial charge in [0, 0.05) is 19.6 Å². The lowest BCUT2D eigenvalue weighted by Crippen LogP contribution is -2.34. The molecule has 0 bridgehead atoms. The molecule has 0 amide bonds. The van der Waals surface area contributed by atoms with Crippen molar-refractivity contribution in [2.45, 2.75) is 51.4 Å². The fourth-order valence-corrected chi connectivity index (χ4v) is 2.10. The van der Waals surface area contributed by atoms with Crippen LogP contribution in [-0.2, 0) is 17.7 Å². The zero-order chi connectivity index (χ0) is 11.4. The first-order valence-corrected chi connectivity index (χ1v) is 5.97. The number of aryl methyl sites for hydroxylation is 1. The third-order valence-corrected chi connectivity index (χ3v) is 3.03. The van der Waals surface area contributed by atoms with Crippen LogP contribution in [0.1, 0.15) is 32.0 Å². The van der Waals surface area contributed by atoms with E-state index in [4.69, 9.17) is 4.74 Å². The lowest BCUT2D eigenvalue weighted by molar-refractivity contribution is -0.0620.